The van der Waals surface area contributed by atoms with Crippen molar-refractivity contribution >= 4 is 46.9 Å². The number of nitrogens with one attached hydrogen (secondary N) is 1. The van der Waals surface area contributed by atoms with Gasteiger partial charge in [-0.2, -0.15) is 0 Å². The lowest BCUT2D eigenvalue weighted by molar-refractivity contribution is -0.142. The average molecular weight is 463 g/mol. The number of amides is 2. The predicted molar refractivity (Wildman–Crippen MR) is 117 cm³/mol. The third kappa shape index (κ3) is 4.84. The maximum absolute atomic E-state index is 13.1. The molecule has 0 bridgehead atoms. The SMILES string of the molecule is CCOC(=O)C1=C(C(=O)OCC)N(c2ccc(Cl)cc2)C(=O)NC1c1ccc(Cl)cc1. The Bertz CT molecular complexity index is 1020. The van der Waals surface area contributed by atoms with Crippen LogP contribution in [0.1, 0.15) is 25.5 Å². The summed E-state index contributed by atoms with van der Waals surface area (Å²) in [6.07, 6.45) is 0. The van der Waals surface area contributed by atoms with Crippen molar-refractivity contribution in [3.63, 3.8) is 0 Å². The summed E-state index contributed by atoms with van der Waals surface area (Å²) in [5.41, 5.74) is 0.628. The number of carbonyl (C=O) groups is 3. The molecule has 2 amide bonds. The monoisotopic (exact) mass is 462 g/mol. The Hall–Kier alpha value is -3.03. The van der Waals surface area contributed by atoms with Crippen LogP contribution >= 0.6 is 23.2 Å². The molecule has 0 fully saturated rings. The van der Waals surface area contributed by atoms with Gasteiger partial charge in [0.25, 0.3) is 0 Å². The Morgan fingerprint density at radius 2 is 1.42 bits per heavy atom. The molecule has 0 aromatic heterocycles. The molecule has 162 valence electrons. The van der Waals surface area contributed by atoms with E-state index in [0.29, 0.717) is 21.3 Å². The van der Waals surface area contributed by atoms with Crippen LogP contribution in [0.2, 0.25) is 10.0 Å². The Labute approximate surface area is 189 Å². The summed E-state index contributed by atoms with van der Waals surface area (Å²) >= 11 is 11.9. The number of rotatable bonds is 6. The fraction of sp³-hybridized carbons (Fsp3) is 0.227. The summed E-state index contributed by atoms with van der Waals surface area (Å²) in [6.45, 7) is 3.42. The molecule has 0 radical (unpaired) electrons. The van der Waals surface area contributed by atoms with Gasteiger partial charge in [-0.05, 0) is 55.8 Å². The number of hydrogen-bond donors (Lipinski definition) is 1. The zero-order valence-corrected chi connectivity index (χ0v) is 18.4. The summed E-state index contributed by atoms with van der Waals surface area (Å²) < 4.78 is 10.4. The van der Waals surface area contributed by atoms with Gasteiger partial charge in [-0.15, -0.1) is 0 Å². The smallest absolute Gasteiger partial charge is 0.356 e. The highest BCUT2D eigenvalue weighted by Crippen LogP contribution is 2.35. The molecular weight excluding hydrogens is 443 g/mol. The number of benzene rings is 2. The second kappa shape index (κ2) is 9.85. The standard InChI is InChI=1S/C22H20Cl2N2O5/c1-3-30-20(27)17-18(13-5-7-14(23)8-6-13)25-22(29)26(19(17)21(28)31-4-2)16-11-9-15(24)10-12-16/h5-12,18H,3-4H2,1-2H3,(H,25,29). The van der Waals surface area contributed by atoms with Crippen LogP contribution in [-0.2, 0) is 19.1 Å². The Morgan fingerprint density at radius 1 is 0.903 bits per heavy atom. The van der Waals surface area contributed by atoms with Crippen molar-refractivity contribution in [2.75, 3.05) is 18.1 Å². The van der Waals surface area contributed by atoms with E-state index in [-0.39, 0.29) is 24.5 Å². The number of ether oxygens (including phenoxy) is 2. The van der Waals surface area contributed by atoms with Crippen LogP contribution in [0.4, 0.5) is 10.5 Å². The Morgan fingerprint density at radius 3 is 1.97 bits per heavy atom. The highest BCUT2D eigenvalue weighted by atomic mass is 35.5. The molecule has 2 aromatic rings. The van der Waals surface area contributed by atoms with Crippen molar-refractivity contribution < 1.29 is 23.9 Å². The van der Waals surface area contributed by atoms with Crippen molar-refractivity contribution in [3.8, 4) is 0 Å². The van der Waals surface area contributed by atoms with Gasteiger partial charge >= 0.3 is 18.0 Å². The van der Waals surface area contributed by atoms with Gasteiger partial charge in [0.2, 0.25) is 0 Å². The van der Waals surface area contributed by atoms with E-state index in [4.69, 9.17) is 32.7 Å². The highest BCUT2D eigenvalue weighted by Gasteiger charge is 2.42. The quantitative estimate of drug-likeness (QED) is 0.631. The van der Waals surface area contributed by atoms with Gasteiger partial charge in [-0.1, -0.05) is 35.3 Å². The summed E-state index contributed by atoms with van der Waals surface area (Å²) in [7, 11) is 0. The van der Waals surface area contributed by atoms with Gasteiger partial charge in [0, 0.05) is 10.0 Å². The third-order valence-corrected chi connectivity index (χ3v) is 4.99. The van der Waals surface area contributed by atoms with Crippen LogP contribution in [0.15, 0.2) is 59.8 Å². The zero-order chi connectivity index (χ0) is 22.5. The summed E-state index contributed by atoms with van der Waals surface area (Å²) in [5, 5.41) is 3.71. The van der Waals surface area contributed by atoms with Crippen molar-refractivity contribution in [1.29, 1.82) is 0 Å². The molecule has 0 saturated carbocycles. The molecule has 0 spiro atoms. The lowest BCUT2D eigenvalue weighted by Gasteiger charge is -2.35. The van der Waals surface area contributed by atoms with E-state index in [1.807, 2.05) is 0 Å². The van der Waals surface area contributed by atoms with Crippen LogP contribution in [0, 0.1) is 0 Å². The molecule has 1 aliphatic rings. The van der Waals surface area contributed by atoms with E-state index in [1.165, 1.54) is 0 Å². The maximum atomic E-state index is 13.1. The van der Waals surface area contributed by atoms with Gasteiger partial charge in [0.05, 0.1) is 30.5 Å². The van der Waals surface area contributed by atoms with Crippen LogP contribution < -0.4 is 10.2 Å². The first-order valence-corrected chi connectivity index (χ1v) is 10.3. The molecule has 1 heterocycles. The molecule has 0 aliphatic carbocycles. The molecule has 0 saturated heterocycles. The number of carbonyl (C=O) groups excluding carboxylic acids is 3. The van der Waals surface area contributed by atoms with Crippen LogP contribution in [0.25, 0.3) is 0 Å². The number of urea groups is 1. The topological polar surface area (TPSA) is 84.9 Å². The minimum absolute atomic E-state index is 0.0443. The largest absolute Gasteiger partial charge is 0.463 e. The first-order valence-electron chi connectivity index (χ1n) is 9.57. The van der Waals surface area contributed by atoms with Crippen molar-refractivity contribution in [1.82, 2.24) is 5.32 Å². The number of esters is 2. The van der Waals surface area contributed by atoms with Crippen molar-refractivity contribution in [3.05, 3.63) is 75.4 Å². The Balaban J connectivity index is 2.26. The average Bonchev–Trinajstić information content (AvgIpc) is 2.74. The van der Waals surface area contributed by atoms with Crippen molar-refractivity contribution in [2.24, 2.45) is 0 Å². The molecule has 1 atom stereocenters. The molecule has 1 aliphatic heterocycles. The second-order valence-corrected chi connectivity index (χ2v) is 7.32. The first kappa shape index (κ1) is 22.7. The predicted octanol–water partition coefficient (Wildman–Crippen LogP) is 4.64. The van der Waals surface area contributed by atoms with Crippen LogP contribution in [0.3, 0.4) is 0 Å². The van der Waals surface area contributed by atoms with Gasteiger partial charge in [0.1, 0.15) is 5.70 Å². The van der Waals surface area contributed by atoms with E-state index in [0.717, 1.165) is 4.90 Å². The summed E-state index contributed by atoms with van der Waals surface area (Å²) in [5.74, 6) is -1.57. The van der Waals surface area contributed by atoms with Crippen LogP contribution in [0.5, 0.6) is 0 Å². The first-order chi connectivity index (χ1) is 14.9. The van der Waals surface area contributed by atoms with E-state index in [2.05, 4.69) is 5.32 Å². The van der Waals surface area contributed by atoms with Crippen LogP contribution in [-0.4, -0.2) is 31.2 Å². The molecule has 9 heteroatoms. The summed E-state index contributed by atoms with van der Waals surface area (Å²) in [6, 6.07) is 11.3. The molecule has 1 N–H and O–H groups in total. The van der Waals surface area contributed by atoms with E-state index >= 15 is 0 Å². The molecule has 2 aromatic carbocycles. The lowest BCUT2D eigenvalue weighted by Crippen LogP contribution is -2.51. The zero-order valence-electron chi connectivity index (χ0n) is 16.9. The van der Waals surface area contributed by atoms with E-state index < -0.39 is 24.0 Å². The number of hydrogen-bond acceptors (Lipinski definition) is 5. The Kier molecular flexibility index (Phi) is 7.20. The summed E-state index contributed by atoms with van der Waals surface area (Å²) in [4.78, 5) is 40.2. The number of halogens is 2. The third-order valence-electron chi connectivity index (χ3n) is 4.49. The minimum atomic E-state index is -0.938. The lowest BCUT2D eigenvalue weighted by atomic mass is 9.94. The van der Waals surface area contributed by atoms with E-state index in [9.17, 15) is 14.4 Å². The second-order valence-electron chi connectivity index (χ2n) is 6.45. The van der Waals surface area contributed by atoms with Gasteiger partial charge in [0.15, 0.2) is 0 Å². The van der Waals surface area contributed by atoms with Gasteiger partial charge in [-0.3, -0.25) is 4.90 Å². The number of nitrogens with zero attached hydrogens (tertiary/aromatic N) is 1. The molecule has 31 heavy (non-hydrogen) atoms. The molecule has 7 nitrogen and oxygen atoms in total. The van der Waals surface area contributed by atoms with Crippen molar-refractivity contribution in [2.45, 2.75) is 19.9 Å². The van der Waals surface area contributed by atoms with Gasteiger partial charge in [-0.25, -0.2) is 14.4 Å². The molecular formula is C22H20Cl2N2O5. The fourth-order valence-corrected chi connectivity index (χ4v) is 3.44. The molecule has 3 rings (SSSR count). The minimum Gasteiger partial charge on any atom is -0.463 e. The molecule has 1 unspecified atom stereocenters. The maximum Gasteiger partial charge on any atom is 0.356 e. The fourth-order valence-electron chi connectivity index (χ4n) is 3.18. The van der Waals surface area contributed by atoms with Gasteiger partial charge < -0.3 is 14.8 Å². The normalized spacial score (nSPS) is 16.1. The van der Waals surface area contributed by atoms with E-state index in [1.54, 1.807) is 62.4 Å². The highest BCUT2D eigenvalue weighted by molar-refractivity contribution is 6.31. The number of anilines is 1.